The first-order chi connectivity index (χ1) is 7.22. The van der Waals surface area contributed by atoms with E-state index in [0.717, 1.165) is 19.0 Å². The first kappa shape index (κ1) is 10.4. The average Bonchev–Trinajstić information content (AvgIpc) is 2.74. The van der Waals surface area contributed by atoms with Crippen LogP contribution in [0.1, 0.15) is 17.9 Å². The Morgan fingerprint density at radius 1 is 1.40 bits per heavy atom. The summed E-state index contributed by atoms with van der Waals surface area (Å²) >= 11 is 0. The molecular formula is C11H13F2NO. The Morgan fingerprint density at radius 2 is 2.20 bits per heavy atom. The second-order valence-electron chi connectivity index (χ2n) is 3.70. The van der Waals surface area contributed by atoms with E-state index in [2.05, 4.69) is 5.32 Å². The first-order valence-corrected chi connectivity index (χ1v) is 4.96. The minimum absolute atomic E-state index is 0.0168. The molecule has 4 heteroatoms. The van der Waals surface area contributed by atoms with Crippen LogP contribution in [0.3, 0.4) is 0 Å². The third kappa shape index (κ3) is 1.95. The average molecular weight is 213 g/mol. The van der Waals surface area contributed by atoms with Gasteiger partial charge in [-0.2, -0.15) is 0 Å². The van der Waals surface area contributed by atoms with Crippen LogP contribution < -0.4 is 10.1 Å². The van der Waals surface area contributed by atoms with E-state index in [4.69, 9.17) is 4.74 Å². The summed E-state index contributed by atoms with van der Waals surface area (Å²) in [6, 6.07) is 2.33. The molecule has 1 aromatic carbocycles. The molecule has 1 N–H and O–H groups in total. The van der Waals surface area contributed by atoms with Crippen LogP contribution in [0, 0.1) is 11.6 Å². The molecule has 0 radical (unpaired) electrons. The van der Waals surface area contributed by atoms with Gasteiger partial charge in [0.05, 0.1) is 7.11 Å². The van der Waals surface area contributed by atoms with Crippen LogP contribution in [0.15, 0.2) is 12.1 Å². The molecule has 1 saturated heterocycles. The van der Waals surface area contributed by atoms with E-state index in [1.54, 1.807) is 0 Å². The molecule has 82 valence electrons. The van der Waals surface area contributed by atoms with E-state index in [0.29, 0.717) is 12.1 Å². The van der Waals surface area contributed by atoms with E-state index in [1.807, 2.05) is 0 Å². The number of rotatable bonds is 2. The maximum absolute atomic E-state index is 13.8. The van der Waals surface area contributed by atoms with Crippen LogP contribution in [-0.4, -0.2) is 20.2 Å². The Balaban J connectivity index is 2.40. The molecule has 1 atom stereocenters. The summed E-state index contributed by atoms with van der Waals surface area (Å²) in [5, 5.41) is 3.13. The number of methoxy groups -OCH3 is 1. The molecule has 15 heavy (non-hydrogen) atoms. The smallest absolute Gasteiger partial charge is 0.168 e. The summed E-state index contributed by atoms with van der Waals surface area (Å²) in [5.41, 5.74) is 0.414. The minimum atomic E-state index is -0.449. The van der Waals surface area contributed by atoms with Crippen LogP contribution in [0.4, 0.5) is 8.78 Å². The summed E-state index contributed by atoms with van der Waals surface area (Å²) in [6.07, 6.45) is 0.837. The van der Waals surface area contributed by atoms with Crippen molar-refractivity contribution in [3.63, 3.8) is 0 Å². The second-order valence-corrected chi connectivity index (χ2v) is 3.70. The molecule has 1 heterocycles. The number of benzene rings is 1. The van der Waals surface area contributed by atoms with Crippen molar-refractivity contribution in [1.29, 1.82) is 0 Å². The monoisotopic (exact) mass is 213 g/mol. The molecule has 0 amide bonds. The van der Waals surface area contributed by atoms with E-state index >= 15 is 0 Å². The standard InChI is InChI=1S/C11H13F2NO/c1-15-10-5-8(12)4-9(11(10)13)7-2-3-14-6-7/h4-5,7,14H,2-3,6H2,1H3. The molecule has 1 aliphatic rings. The second kappa shape index (κ2) is 4.14. The first-order valence-electron chi connectivity index (χ1n) is 4.96. The van der Waals surface area contributed by atoms with Gasteiger partial charge in [-0.1, -0.05) is 0 Å². The third-order valence-corrected chi connectivity index (χ3v) is 2.75. The molecule has 0 spiro atoms. The van der Waals surface area contributed by atoms with Gasteiger partial charge in [-0.15, -0.1) is 0 Å². The number of halogens is 2. The van der Waals surface area contributed by atoms with Crippen LogP contribution >= 0.6 is 0 Å². The number of ether oxygens (including phenoxy) is 1. The zero-order valence-electron chi connectivity index (χ0n) is 8.52. The highest BCUT2D eigenvalue weighted by atomic mass is 19.1. The van der Waals surface area contributed by atoms with Gasteiger partial charge in [-0.3, -0.25) is 0 Å². The SMILES string of the molecule is COc1cc(F)cc(C2CCNC2)c1F. The summed E-state index contributed by atoms with van der Waals surface area (Å²) in [7, 11) is 1.34. The molecule has 1 aromatic rings. The minimum Gasteiger partial charge on any atom is -0.494 e. The van der Waals surface area contributed by atoms with Crippen molar-refractivity contribution < 1.29 is 13.5 Å². The zero-order valence-corrected chi connectivity index (χ0v) is 8.52. The highest BCUT2D eigenvalue weighted by molar-refractivity contribution is 5.34. The fraction of sp³-hybridized carbons (Fsp3) is 0.455. The van der Waals surface area contributed by atoms with Gasteiger partial charge in [0.2, 0.25) is 0 Å². The van der Waals surface area contributed by atoms with Gasteiger partial charge in [0.15, 0.2) is 11.6 Å². The highest BCUT2D eigenvalue weighted by Crippen LogP contribution is 2.30. The van der Waals surface area contributed by atoms with Gasteiger partial charge in [0.1, 0.15) is 5.82 Å². The van der Waals surface area contributed by atoms with Crippen LogP contribution in [0.2, 0.25) is 0 Å². The van der Waals surface area contributed by atoms with E-state index in [-0.39, 0.29) is 11.7 Å². The normalized spacial score (nSPS) is 20.6. The van der Waals surface area contributed by atoms with Gasteiger partial charge in [-0.05, 0) is 24.6 Å². The van der Waals surface area contributed by atoms with Crippen LogP contribution in [-0.2, 0) is 0 Å². The van der Waals surface area contributed by atoms with E-state index in [1.165, 1.54) is 13.2 Å². The van der Waals surface area contributed by atoms with Crippen molar-refractivity contribution in [2.45, 2.75) is 12.3 Å². The lowest BCUT2D eigenvalue weighted by molar-refractivity contribution is 0.378. The molecule has 0 bridgehead atoms. The molecule has 1 aliphatic heterocycles. The molecular weight excluding hydrogens is 200 g/mol. The Labute approximate surface area is 87.2 Å². The molecule has 0 aliphatic carbocycles. The zero-order chi connectivity index (χ0) is 10.8. The van der Waals surface area contributed by atoms with Crippen molar-refractivity contribution in [3.8, 4) is 5.75 Å². The molecule has 2 nitrogen and oxygen atoms in total. The van der Waals surface area contributed by atoms with Crippen LogP contribution in [0.5, 0.6) is 5.75 Å². The van der Waals surface area contributed by atoms with Gasteiger partial charge >= 0.3 is 0 Å². The van der Waals surface area contributed by atoms with Gasteiger partial charge < -0.3 is 10.1 Å². The summed E-state index contributed by atoms with van der Waals surface area (Å²) in [5.74, 6) is -0.853. The van der Waals surface area contributed by atoms with Gasteiger partial charge in [0, 0.05) is 18.5 Å². The summed E-state index contributed by atoms with van der Waals surface area (Å²) in [6.45, 7) is 1.55. The Morgan fingerprint density at radius 3 is 2.80 bits per heavy atom. The maximum atomic E-state index is 13.8. The van der Waals surface area contributed by atoms with E-state index in [9.17, 15) is 8.78 Å². The van der Waals surface area contributed by atoms with Crippen LogP contribution in [0.25, 0.3) is 0 Å². The molecule has 0 aromatic heterocycles. The third-order valence-electron chi connectivity index (χ3n) is 2.75. The summed E-state index contributed by atoms with van der Waals surface area (Å²) in [4.78, 5) is 0. The fourth-order valence-electron chi connectivity index (χ4n) is 1.95. The quantitative estimate of drug-likeness (QED) is 0.811. The number of hydrogen-bond donors (Lipinski definition) is 1. The predicted octanol–water partition coefficient (Wildman–Crippen LogP) is 2.05. The lowest BCUT2D eigenvalue weighted by atomic mass is 9.97. The molecule has 0 saturated carbocycles. The maximum Gasteiger partial charge on any atom is 0.168 e. The topological polar surface area (TPSA) is 21.3 Å². The Bertz CT molecular complexity index is 362. The molecule has 1 unspecified atom stereocenters. The fourth-order valence-corrected chi connectivity index (χ4v) is 1.95. The molecule has 1 fully saturated rings. The Kier molecular flexibility index (Phi) is 2.86. The van der Waals surface area contributed by atoms with Crippen molar-refractivity contribution in [1.82, 2.24) is 5.32 Å². The molecule has 2 rings (SSSR count). The van der Waals surface area contributed by atoms with E-state index < -0.39 is 11.6 Å². The van der Waals surface area contributed by atoms with Gasteiger partial charge in [-0.25, -0.2) is 8.78 Å². The number of hydrogen-bond acceptors (Lipinski definition) is 2. The van der Waals surface area contributed by atoms with Gasteiger partial charge in [0.25, 0.3) is 0 Å². The lowest BCUT2D eigenvalue weighted by Crippen LogP contribution is -2.09. The summed E-state index contributed by atoms with van der Waals surface area (Å²) < 4.78 is 31.8. The van der Waals surface area contributed by atoms with Crippen molar-refractivity contribution in [2.75, 3.05) is 20.2 Å². The number of nitrogens with one attached hydrogen (secondary N) is 1. The van der Waals surface area contributed by atoms with Crippen molar-refractivity contribution in [3.05, 3.63) is 29.3 Å². The Hall–Kier alpha value is -1.16. The lowest BCUT2D eigenvalue weighted by Gasteiger charge is -2.12. The predicted molar refractivity (Wildman–Crippen MR) is 53.1 cm³/mol. The van der Waals surface area contributed by atoms with Crippen molar-refractivity contribution in [2.24, 2.45) is 0 Å². The van der Waals surface area contributed by atoms with Crippen molar-refractivity contribution >= 4 is 0 Å². The highest BCUT2D eigenvalue weighted by Gasteiger charge is 2.23. The largest absolute Gasteiger partial charge is 0.494 e.